The number of ether oxygens (including phenoxy) is 1. The summed E-state index contributed by atoms with van der Waals surface area (Å²) in [7, 11) is 1.64. The molecule has 0 aliphatic rings. The second-order valence-corrected chi connectivity index (χ2v) is 4.28. The summed E-state index contributed by atoms with van der Waals surface area (Å²) in [5.74, 6) is 0.793. The lowest BCUT2D eigenvalue weighted by Crippen LogP contribution is -2.05. The van der Waals surface area contributed by atoms with Crippen molar-refractivity contribution in [3.63, 3.8) is 0 Å². The van der Waals surface area contributed by atoms with Gasteiger partial charge in [-0.1, -0.05) is 11.6 Å². The van der Waals surface area contributed by atoms with Gasteiger partial charge in [0.15, 0.2) is 0 Å². The highest BCUT2D eigenvalue weighted by atomic mass is 35.5. The maximum absolute atomic E-state index is 8.48. The summed E-state index contributed by atoms with van der Waals surface area (Å²) in [6.07, 6.45) is 1.36. The van der Waals surface area contributed by atoms with Crippen LogP contribution in [-0.2, 0) is 0 Å². The SMILES string of the molecule is COc1cc(C)c(Cl)c(C)c1NCCCC#N. The summed E-state index contributed by atoms with van der Waals surface area (Å²) >= 11 is 6.20. The molecular weight excluding hydrogens is 236 g/mol. The molecule has 1 aromatic rings. The Labute approximate surface area is 107 Å². The molecule has 0 bridgehead atoms. The molecule has 0 amide bonds. The molecule has 0 aliphatic carbocycles. The first-order valence-corrected chi connectivity index (χ1v) is 5.94. The minimum absolute atomic E-state index is 0.550. The van der Waals surface area contributed by atoms with E-state index in [9.17, 15) is 0 Å². The molecule has 1 aromatic carbocycles. The number of nitrogens with zero attached hydrogens (tertiary/aromatic N) is 1. The fourth-order valence-electron chi connectivity index (χ4n) is 1.68. The predicted molar refractivity (Wildman–Crippen MR) is 70.8 cm³/mol. The molecule has 0 unspecified atom stereocenters. The lowest BCUT2D eigenvalue weighted by molar-refractivity contribution is 0.416. The van der Waals surface area contributed by atoms with Gasteiger partial charge in [-0.15, -0.1) is 0 Å². The maximum atomic E-state index is 8.48. The van der Waals surface area contributed by atoms with E-state index in [1.807, 2.05) is 19.9 Å². The smallest absolute Gasteiger partial charge is 0.142 e. The van der Waals surface area contributed by atoms with Crippen molar-refractivity contribution in [2.45, 2.75) is 26.7 Å². The van der Waals surface area contributed by atoms with E-state index in [0.717, 1.165) is 40.6 Å². The fourth-order valence-corrected chi connectivity index (χ4v) is 1.83. The van der Waals surface area contributed by atoms with E-state index in [1.165, 1.54) is 0 Å². The molecule has 92 valence electrons. The van der Waals surface area contributed by atoms with Crippen LogP contribution in [0.25, 0.3) is 0 Å². The lowest BCUT2D eigenvalue weighted by Gasteiger charge is -2.16. The number of benzene rings is 1. The summed E-state index contributed by atoms with van der Waals surface area (Å²) in [5, 5.41) is 12.5. The molecule has 0 aromatic heterocycles. The van der Waals surface area contributed by atoms with Crippen LogP contribution in [0, 0.1) is 25.2 Å². The van der Waals surface area contributed by atoms with Crippen molar-refractivity contribution >= 4 is 17.3 Å². The first-order chi connectivity index (χ1) is 8.11. The van der Waals surface area contributed by atoms with Crippen LogP contribution in [-0.4, -0.2) is 13.7 Å². The minimum atomic E-state index is 0.550. The van der Waals surface area contributed by atoms with E-state index >= 15 is 0 Å². The zero-order valence-electron chi connectivity index (χ0n) is 10.4. The van der Waals surface area contributed by atoms with Gasteiger partial charge in [-0.3, -0.25) is 0 Å². The lowest BCUT2D eigenvalue weighted by atomic mass is 10.1. The monoisotopic (exact) mass is 252 g/mol. The zero-order chi connectivity index (χ0) is 12.8. The molecule has 17 heavy (non-hydrogen) atoms. The molecule has 1 rings (SSSR count). The van der Waals surface area contributed by atoms with Crippen LogP contribution in [0.4, 0.5) is 5.69 Å². The van der Waals surface area contributed by atoms with Gasteiger partial charge in [0.25, 0.3) is 0 Å². The van der Waals surface area contributed by atoms with Gasteiger partial charge in [0.1, 0.15) is 5.75 Å². The van der Waals surface area contributed by atoms with E-state index in [4.69, 9.17) is 21.6 Å². The Balaban J connectivity index is 2.89. The van der Waals surface area contributed by atoms with Crippen molar-refractivity contribution < 1.29 is 4.74 Å². The third kappa shape index (κ3) is 3.28. The topological polar surface area (TPSA) is 45.0 Å². The van der Waals surface area contributed by atoms with E-state index in [0.29, 0.717) is 6.42 Å². The molecule has 3 nitrogen and oxygen atoms in total. The first kappa shape index (κ1) is 13.7. The summed E-state index contributed by atoms with van der Waals surface area (Å²) in [5.41, 5.74) is 2.91. The molecule has 0 radical (unpaired) electrons. The molecule has 0 saturated heterocycles. The number of hydrogen-bond donors (Lipinski definition) is 1. The van der Waals surface area contributed by atoms with Gasteiger partial charge in [0.2, 0.25) is 0 Å². The Bertz CT molecular complexity index is 438. The number of hydrogen-bond acceptors (Lipinski definition) is 3. The third-order valence-electron chi connectivity index (χ3n) is 2.63. The molecule has 0 fully saturated rings. The highest BCUT2D eigenvalue weighted by Gasteiger charge is 2.11. The molecule has 0 heterocycles. The van der Waals surface area contributed by atoms with Crippen molar-refractivity contribution in [2.75, 3.05) is 19.0 Å². The number of anilines is 1. The third-order valence-corrected chi connectivity index (χ3v) is 3.21. The Morgan fingerprint density at radius 3 is 2.76 bits per heavy atom. The van der Waals surface area contributed by atoms with Crippen LogP contribution in [0.3, 0.4) is 0 Å². The van der Waals surface area contributed by atoms with Gasteiger partial charge in [-0.25, -0.2) is 0 Å². The first-order valence-electron chi connectivity index (χ1n) is 5.56. The number of aryl methyl sites for hydroxylation is 1. The number of unbranched alkanes of at least 4 members (excludes halogenated alkanes) is 1. The minimum Gasteiger partial charge on any atom is -0.495 e. The van der Waals surface area contributed by atoms with Gasteiger partial charge >= 0.3 is 0 Å². The predicted octanol–water partition coefficient (Wildman–Crippen LogP) is 3.68. The molecule has 4 heteroatoms. The molecular formula is C13H17ClN2O. The highest BCUT2D eigenvalue weighted by molar-refractivity contribution is 6.32. The summed E-state index contributed by atoms with van der Waals surface area (Å²) in [6.45, 7) is 4.66. The second kappa shape index (κ2) is 6.36. The van der Waals surface area contributed by atoms with Crippen molar-refractivity contribution in [1.29, 1.82) is 5.26 Å². The Kier molecular flexibility index (Phi) is 5.11. The van der Waals surface area contributed by atoms with Crippen LogP contribution in [0.15, 0.2) is 6.07 Å². The normalized spacial score (nSPS) is 9.82. The Morgan fingerprint density at radius 1 is 1.47 bits per heavy atom. The summed E-state index contributed by atoms with van der Waals surface area (Å²) in [4.78, 5) is 0. The number of halogens is 1. The van der Waals surface area contributed by atoms with Crippen LogP contribution < -0.4 is 10.1 Å². The fraction of sp³-hybridized carbons (Fsp3) is 0.462. The molecule has 1 N–H and O–H groups in total. The van der Waals surface area contributed by atoms with Crippen LogP contribution in [0.1, 0.15) is 24.0 Å². The average molecular weight is 253 g/mol. The largest absolute Gasteiger partial charge is 0.495 e. The average Bonchev–Trinajstić information content (AvgIpc) is 2.33. The maximum Gasteiger partial charge on any atom is 0.142 e. The Morgan fingerprint density at radius 2 is 2.18 bits per heavy atom. The zero-order valence-corrected chi connectivity index (χ0v) is 11.2. The van der Waals surface area contributed by atoms with Crippen LogP contribution in [0.2, 0.25) is 5.02 Å². The number of nitrogens with one attached hydrogen (secondary N) is 1. The molecule has 0 spiro atoms. The van der Waals surface area contributed by atoms with E-state index in [1.54, 1.807) is 7.11 Å². The van der Waals surface area contributed by atoms with Crippen molar-refractivity contribution in [3.8, 4) is 11.8 Å². The van der Waals surface area contributed by atoms with E-state index in [-0.39, 0.29) is 0 Å². The summed E-state index contributed by atoms with van der Waals surface area (Å²) in [6, 6.07) is 4.04. The second-order valence-electron chi connectivity index (χ2n) is 3.90. The van der Waals surface area contributed by atoms with Gasteiger partial charge in [-0.05, 0) is 37.5 Å². The van der Waals surface area contributed by atoms with Gasteiger partial charge in [0, 0.05) is 18.0 Å². The van der Waals surface area contributed by atoms with E-state index < -0.39 is 0 Å². The molecule has 0 atom stereocenters. The van der Waals surface area contributed by atoms with Crippen LogP contribution in [0.5, 0.6) is 5.75 Å². The van der Waals surface area contributed by atoms with Gasteiger partial charge in [0.05, 0.1) is 18.9 Å². The van der Waals surface area contributed by atoms with Gasteiger partial charge in [-0.2, -0.15) is 5.26 Å². The number of methoxy groups -OCH3 is 1. The highest BCUT2D eigenvalue weighted by Crippen LogP contribution is 2.35. The van der Waals surface area contributed by atoms with Gasteiger partial charge < -0.3 is 10.1 Å². The van der Waals surface area contributed by atoms with Crippen molar-refractivity contribution in [3.05, 3.63) is 22.2 Å². The molecule has 0 aliphatic heterocycles. The number of nitriles is 1. The summed E-state index contributed by atoms with van der Waals surface area (Å²) < 4.78 is 5.33. The molecule has 0 saturated carbocycles. The Hall–Kier alpha value is -1.40. The standard InChI is InChI=1S/C13H17ClN2O/c1-9-8-11(17-3)13(10(2)12(9)14)16-7-5-4-6-15/h8,16H,4-5,7H2,1-3H3. The van der Waals surface area contributed by atoms with Crippen molar-refractivity contribution in [1.82, 2.24) is 0 Å². The quantitative estimate of drug-likeness (QED) is 0.813. The van der Waals surface area contributed by atoms with E-state index in [2.05, 4.69) is 11.4 Å². The van der Waals surface area contributed by atoms with Crippen molar-refractivity contribution in [2.24, 2.45) is 0 Å². The number of rotatable bonds is 5. The van der Waals surface area contributed by atoms with Crippen LogP contribution >= 0.6 is 11.6 Å².